The number of carbonyl (C=O) groups is 5. The maximum atomic E-state index is 14.0. The Labute approximate surface area is 240 Å². The number of nitrogens with zero attached hydrogens (tertiary/aromatic N) is 3. The zero-order chi connectivity index (χ0) is 30.9. The monoisotopic (exact) mass is 570 g/mol. The molecule has 11 nitrogen and oxygen atoms in total. The molecule has 0 bridgehead atoms. The summed E-state index contributed by atoms with van der Waals surface area (Å²) < 4.78 is 0. The number of carbonyl (C=O) groups excluding carboxylic acids is 5. The van der Waals surface area contributed by atoms with E-state index in [0.717, 1.165) is 11.3 Å². The van der Waals surface area contributed by atoms with E-state index >= 15 is 0 Å². The fourth-order valence-corrected chi connectivity index (χ4v) is 7.33. The van der Waals surface area contributed by atoms with Crippen molar-refractivity contribution in [3.05, 3.63) is 22.8 Å². The number of primary amides is 1. The summed E-state index contributed by atoms with van der Waals surface area (Å²) in [5, 5.41) is 22.9. The van der Waals surface area contributed by atoms with Gasteiger partial charge in [-0.25, -0.2) is 0 Å². The van der Waals surface area contributed by atoms with E-state index in [9.17, 15) is 34.2 Å². The second-order valence-electron chi connectivity index (χ2n) is 12.8. The lowest BCUT2D eigenvalue weighted by Gasteiger charge is -2.52. The average Bonchev–Trinajstić information content (AvgIpc) is 2.84. The Morgan fingerprint density at radius 3 is 2.20 bits per heavy atom. The van der Waals surface area contributed by atoms with Crippen LogP contribution in [0.2, 0.25) is 0 Å². The standard InChI is InChI=1S/C30H42N4O7/c1-13(2)14(3)34(8)12-16-11-19(35)21-17(23(16)32(4)5)9-15-10-18-24(33(6)7)26(37)22(29(31)40)28(39)30(18,41)27(38)20(15)25(21)36/h11,13-15,18,20,22,24,35,41H,9-10,12H2,1-8H3,(H2,31,40)/t14-,15+,18+,20?,22?,24+,30+/m1/s1. The molecular formula is C30H42N4O7. The molecule has 1 aromatic carbocycles. The quantitative estimate of drug-likeness (QED) is 0.392. The van der Waals surface area contributed by atoms with Crippen molar-refractivity contribution in [3.8, 4) is 5.75 Å². The number of rotatable bonds is 7. The Hall–Kier alpha value is -3.15. The molecule has 11 heteroatoms. The van der Waals surface area contributed by atoms with E-state index in [-0.39, 0.29) is 30.2 Å². The maximum Gasteiger partial charge on any atom is 0.235 e. The van der Waals surface area contributed by atoms with Gasteiger partial charge in [-0.15, -0.1) is 0 Å². The third kappa shape index (κ3) is 4.58. The van der Waals surface area contributed by atoms with Gasteiger partial charge in [-0.2, -0.15) is 0 Å². The van der Waals surface area contributed by atoms with E-state index in [2.05, 4.69) is 25.7 Å². The number of aliphatic hydroxyl groups is 1. The Kier molecular flexibility index (Phi) is 7.96. The molecule has 3 aliphatic carbocycles. The highest BCUT2D eigenvalue weighted by Crippen LogP contribution is 2.52. The number of ketones is 4. The molecule has 2 saturated carbocycles. The van der Waals surface area contributed by atoms with Gasteiger partial charge in [0.15, 0.2) is 34.7 Å². The lowest BCUT2D eigenvalue weighted by atomic mass is 9.52. The molecule has 0 aliphatic heterocycles. The molecule has 1 aromatic rings. The molecule has 41 heavy (non-hydrogen) atoms. The van der Waals surface area contributed by atoms with E-state index in [4.69, 9.17) is 5.73 Å². The van der Waals surface area contributed by atoms with Crippen molar-refractivity contribution in [1.29, 1.82) is 0 Å². The van der Waals surface area contributed by atoms with Crippen molar-refractivity contribution in [2.45, 2.75) is 57.8 Å². The Balaban J connectivity index is 1.85. The molecule has 3 aliphatic rings. The lowest BCUT2D eigenvalue weighted by Crippen LogP contribution is -2.74. The summed E-state index contributed by atoms with van der Waals surface area (Å²) in [5.74, 6) is -10.0. The molecule has 2 unspecified atom stereocenters. The highest BCUT2D eigenvalue weighted by Gasteiger charge is 2.69. The Morgan fingerprint density at radius 1 is 1.07 bits per heavy atom. The van der Waals surface area contributed by atoms with Crippen LogP contribution in [0.1, 0.15) is 48.7 Å². The van der Waals surface area contributed by atoms with E-state index in [1.54, 1.807) is 20.2 Å². The molecule has 4 N–H and O–H groups in total. The molecule has 4 rings (SSSR count). The van der Waals surface area contributed by atoms with Gasteiger partial charge < -0.3 is 20.8 Å². The van der Waals surface area contributed by atoms with Crippen molar-refractivity contribution in [1.82, 2.24) is 9.80 Å². The van der Waals surface area contributed by atoms with Crippen LogP contribution >= 0.6 is 0 Å². The maximum absolute atomic E-state index is 14.0. The summed E-state index contributed by atoms with van der Waals surface area (Å²) in [6, 6.07) is 0.670. The fourth-order valence-electron chi connectivity index (χ4n) is 7.33. The highest BCUT2D eigenvalue weighted by molar-refractivity contribution is 6.32. The van der Waals surface area contributed by atoms with Gasteiger partial charge in [0.25, 0.3) is 0 Å². The molecule has 1 amide bonds. The number of hydrogen-bond acceptors (Lipinski definition) is 10. The van der Waals surface area contributed by atoms with Crippen LogP contribution in [0, 0.1) is 29.6 Å². The topological polar surface area (TPSA) is 162 Å². The minimum Gasteiger partial charge on any atom is -0.507 e. The molecule has 0 saturated heterocycles. The molecule has 0 heterocycles. The number of benzene rings is 1. The number of phenols is 1. The number of fused-ring (bicyclic) bond motifs is 3. The summed E-state index contributed by atoms with van der Waals surface area (Å²) in [4.78, 5) is 72.4. The average molecular weight is 571 g/mol. The molecule has 0 spiro atoms. The molecule has 0 radical (unpaired) electrons. The number of amides is 1. The number of hydrogen-bond donors (Lipinski definition) is 3. The molecule has 2 fully saturated rings. The summed E-state index contributed by atoms with van der Waals surface area (Å²) in [6.45, 7) is 6.90. The number of Topliss-reactive ketones (excluding diaryl/α,β-unsaturated/α-hetero) is 4. The Bertz CT molecular complexity index is 1320. The smallest absolute Gasteiger partial charge is 0.235 e. The highest BCUT2D eigenvalue weighted by atomic mass is 16.3. The van der Waals surface area contributed by atoms with Gasteiger partial charge in [-0.3, -0.25) is 33.8 Å². The van der Waals surface area contributed by atoms with Crippen LogP contribution in [0.15, 0.2) is 6.07 Å². The van der Waals surface area contributed by atoms with Gasteiger partial charge in [0, 0.05) is 38.3 Å². The van der Waals surface area contributed by atoms with Gasteiger partial charge in [-0.1, -0.05) is 13.8 Å². The first-order valence-corrected chi connectivity index (χ1v) is 14.1. The van der Waals surface area contributed by atoms with Gasteiger partial charge in [-0.05, 0) is 69.9 Å². The van der Waals surface area contributed by atoms with Crippen LogP contribution in [0.3, 0.4) is 0 Å². The second-order valence-corrected chi connectivity index (χ2v) is 12.8. The van der Waals surface area contributed by atoms with Crippen molar-refractivity contribution in [2.75, 3.05) is 40.1 Å². The summed E-state index contributed by atoms with van der Waals surface area (Å²) in [6.07, 6.45) is 0.246. The van der Waals surface area contributed by atoms with Crippen LogP contribution in [-0.4, -0.2) is 102 Å². The first-order chi connectivity index (χ1) is 19.0. The van der Waals surface area contributed by atoms with Crippen molar-refractivity contribution in [3.63, 3.8) is 0 Å². The Morgan fingerprint density at radius 2 is 1.68 bits per heavy atom. The molecule has 0 aromatic heterocycles. The van der Waals surface area contributed by atoms with Crippen molar-refractivity contribution in [2.24, 2.45) is 35.3 Å². The van der Waals surface area contributed by atoms with E-state index in [1.165, 1.54) is 4.90 Å². The van der Waals surface area contributed by atoms with Crippen molar-refractivity contribution >= 4 is 34.7 Å². The van der Waals surface area contributed by atoms with Crippen LogP contribution in [0.4, 0.5) is 5.69 Å². The van der Waals surface area contributed by atoms with Gasteiger partial charge in [0.05, 0.1) is 17.5 Å². The molecule has 7 atom stereocenters. The normalized spacial score (nSPS) is 30.4. The van der Waals surface area contributed by atoms with Crippen LogP contribution in [0.5, 0.6) is 5.75 Å². The zero-order valence-electron chi connectivity index (χ0n) is 25.1. The van der Waals surface area contributed by atoms with E-state index in [0.29, 0.717) is 18.0 Å². The number of likely N-dealkylation sites (N-methyl/N-ethyl adjacent to an activating group) is 1. The van der Waals surface area contributed by atoms with Crippen LogP contribution in [-0.2, 0) is 32.1 Å². The minimum atomic E-state index is -2.73. The first-order valence-electron chi connectivity index (χ1n) is 14.1. The van der Waals surface area contributed by atoms with E-state index < -0.39 is 64.4 Å². The van der Waals surface area contributed by atoms with Gasteiger partial charge >= 0.3 is 0 Å². The number of anilines is 1. The number of aromatic hydroxyl groups is 1. The SMILES string of the molecule is CC(C)[C@@H](C)N(C)Cc1cc(O)c2c(c1N(C)C)C[C@H]1C[C@H]3[C@H](N(C)C)C(=O)C(C(N)=O)C(=O)[C@@]3(O)C(=O)C1C2=O. The van der Waals surface area contributed by atoms with Gasteiger partial charge in [0.2, 0.25) is 5.91 Å². The summed E-state index contributed by atoms with van der Waals surface area (Å²) in [5.41, 5.74) is 4.85. The summed E-state index contributed by atoms with van der Waals surface area (Å²) in [7, 11) is 8.84. The van der Waals surface area contributed by atoms with Crippen molar-refractivity contribution < 1.29 is 34.2 Å². The van der Waals surface area contributed by atoms with Crippen LogP contribution < -0.4 is 10.6 Å². The lowest BCUT2D eigenvalue weighted by molar-refractivity contribution is -0.181. The molecule has 224 valence electrons. The van der Waals surface area contributed by atoms with Gasteiger partial charge in [0.1, 0.15) is 5.75 Å². The second kappa shape index (κ2) is 10.6. The largest absolute Gasteiger partial charge is 0.507 e. The predicted molar refractivity (Wildman–Crippen MR) is 151 cm³/mol. The minimum absolute atomic E-state index is 0.00334. The number of nitrogens with two attached hydrogens (primary N) is 1. The fraction of sp³-hybridized carbons (Fsp3) is 0.633. The first kappa shape index (κ1) is 30.8. The van der Waals surface area contributed by atoms with E-state index in [1.807, 2.05) is 26.0 Å². The summed E-state index contributed by atoms with van der Waals surface area (Å²) >= 11 is 0. The predicted octanol–water partition coefficient (Wildman–Crippen LogP) is 0.409. The third-order valence-electron chi connectivity index (χ3n) is 9.64. The third-order valence-corrected chi connectivity index (χ3v) is 9.64. The molecular weight excluding hydrogens is 528 g/mol. The number of phenolic OH excluding ortho intramolecular Hbond substituents is 1. The zero-order valence-corrected chi connectivity index (χ0v) is 25.1. The van der Waals surface area contributed by atoms with Crippen LogP contribution in [0.25, 0.3) is 0 Å².